The normalized spacial score (nSPS) is 14.9. The number of nitro benzene ring substituents is 1. The maximum Gasteiger partial charge on any atom is 0.387 e. The molecule has 1 aromatic carbocycles. The summed E-state index contributed by atoms with van der Waals surface area (Å²) >= 11 is 0. The smallest absolute Gasteiger partial charge is 0.387 e. The van der Waals surface area contributed by atoms with Crippen LogP contribution in [0.3, 0.4) is 0 Å². The molecule has 134 valence electrons. The van der Waals surface area contributed by atoms with Crippen molar-refractivity contribution < 1.29 is 18.4 Å². The molecule has 0 amide bonds. The molecule has 1 N–H and O–H groups in total. The first-order valence-corrected chi connectivity index (χ1v) is 7.87. The highest BCUT2D eigenvalue weighted by atomic mass is 19.3. The zero-order chi connectivity index (χ0) is 18.0. The van der Waals surface area contributed by atoms with Crippen LogP contribution in [-0.4, -0.2) is 26.3 Å². The Morgan fingerprint density at radius 1 is 1.36 bits per heavy atom. The summed E-state index contributed by atoms with van der Waals surface area (Å²) in [5.74, 6) is 1.19. The molecule has 0 aliphatic carbocycles. The lowest BCUT2D eigenvalue weighted by atomic mass is 10.1. The van der Waals surface area contributed by atoms with Gasteiger partial charge in [-0.15, -0.1) is 10.2 Å². The number of ether oxygens (including phenoxy) is 1. The van der Waals surface area contributed by atoms with Crippen LogP contribution in [0.25, 0.3) is 0 Å². The van der Waals surface area contributed by atoms with Crippen molar-refractivity contribution in [2.24, 2.45) is 0 Å². The molecule has 3 rings (SSSR count). The lowest BCUT2D eigenvalue weighted by Crippen LogP contribution is -2.18. The monoisotopic (exact) mass is 353 g/mol. The minimum absolute atomic E-state index is 0.250. The average Bonchev–Trinajstić information content (AvgIpc) is 2.98. The molecule has 8 nitrogen and oxygen atoms in total. The molecular formula is C15H17F2N5O3. The zero-order valence-electron chi connectivity index (χ0n) is 13.5. The number of anilines is 1. The minimum atomic E-state index is -3.14. The molecular weight excluding hydrogens is 336 g/mol. The quantitative estimate of drug-likeness (QED) is 0.632. The Kier molecular flexibility index (Phi) is 4.77. The van der Waals surface area contributed by atoms with Gasteiger partial charge < -0.3 is 14.6 Å². The number of nitrogens with zero attached hydrogens (tertiary/aromatic N) is 4. The van der Waals surface area contributed by atoms with Gasteiger partial charge in [0.1, 0.15) is 5.82 Å². The molecule has 1 aliphatic rings. The SMILES string of the molecule is CC(Nc1ccc([N+](=O)[O-])c(OC(F)F)c1)c1nnc2n1CCCC2. The highest BCUT2D eigenvalue weighted by Crippen LogP contribution is 2.32. The van der Waals surface area contributed by atoms with Gasteiger partial charge in [-0.05, 0) is 25.8 Å². The highest BCUT2D eigenvalue weighted by molar-refractivity contribution is 5.58. The Labute approximate surface area is 142 Å². The lowest BCUT2D eigenvalue weighted by molar-refractivity contribution is -0.386. The molecule has 0 spiro atoms. The fourth-order valence-electron chi connectivity index (χ4n) is 2.91. The van der Waals surface area contributed by atoms with Gasteiger partial charge in [0, 0.05) is 30.8 Å². The molecule has 1 atom stereocenters. The number of fused-ring (bicyclic) bond motifs is 1. The average molecular weight is 353 g/mol. The molecule has 1 unspecified atom stereocenters. The van der Waals surface area contributed by atoms with Crippen LogP contribution < -0.4 is 10.1 Å². The molecule has 0 fully saturated rings. The van der Waals surface area contributed by atoms with Crippen LogP contribution in [0.5, 0.6) is 5.75 Å². The van der Waals surface area contributed by atoms with Crippen LogP contribution in [0.15, 0.2) is 18.2 Å². The van der Waals surface area contributed by atoms with E-state index in [2.05, 4.69) is 20.3 Å². The number of nitro groups is 1. The zero-order valence-corrected chi connectivity index (χ0v) is 13.5. The summed E-state index contributed by atoms with van der Waals surface area (Å²) in [6, 6.07) is 3.51. The van der Waals surface area contributed by atoms with Crippen molar-refractivity contribution in [3.05, 3.63) is 40.0 Å². The first-order valence-electron chi connectivity index (χ1n) is 7.87. The Bertz CT molecular complexity index is 781. The third-order valence-electron chi connectivity index (χ3n) is 4.03. The second-order valence-electron chi connectivity index (χ2n) is 5.77. The number of aryl methyl sites for hydroxylation is 1. The molecule has 25 heavy (non-hydrogen) atoms. The summed E-state index contributed by atoms with van der Waals surface area (Å²) in [6.45, 7) is -0.445. The number of rotatable bonds is 6. The van der Waals surface area contributed by atoms with Crippen molar-refractivity contribution in [3.63, 3.8) is 0 Å². The van der Waals surface area contributed by atoms with Crippen molar-refractivity contribution in [1.29, 1.82) is 0 Å². The molecule has 0 saturated heterocycles. The number of hydrogen-bond acceptors (Lipinski definition) is 6. The van der Waals surface area contributed by atoms with Crippen molar-refractivity contribution in [2.45, 2.75) is 45.4 Å². The maximum absolute atomic E-state index is 12.5. The number of nitrogens with one attached hydrogen (secondary N) is 1. The minimum Gasteiger partial charge on any atom is -0.427 e. The molecule has 0 saturated carbocycles. The largest absolute Gasteiger partial charge is 0.427 e. The number of hydrogen-bond donors (Lipinski definition) is 1. The van der Waals surface area contributed by atoms with E-state index < -0.39 is 23.0 Å². The molecule has 0 radical (unpaired) electrons. The summed E-state index contributed by atoms with van der Waals surface area (Å²) in [4.78, 5) is 10.2. The fourth-order valence-corrected chi connectivity index (χ4v) is 2.91. The Balaban J connectivity index is 1.82. The Morgan fingerprint density at radius 2 is 2.16 bits per heavy atom. The third kappa shape index (κ3) is 3.67. The van der Waals surface area contributed by atoms with E-state index >= 15 is 0 Å². The van der Waals surface area contributed by atoms with Crippen molar-refractivity contribution in [3.8, 4) is 5.75 Å². The van der Waals surface area contributed by atoms with E-state index in [1.54, 1.807) is 0 Å². The number of aromatic nitrogens is 3. The van der Waals surface area contributed by atoms with Gasteiger partial charge >= 0.3 is 12.3 Å². The molecule has 2 aromatic rings. The van der Waals surface area contributed by atoms with Crippen LogP contribution in [0.2, 0.25) is 0 Å². The maximum atomic E-state index is 12.5. The predicted octanol–water partition coefficient (Wildman–Crippen LogP) is 3.30. The van der Waals surface area contributed by atoms with E-state index in [1.807, 2.05) is 11.5 Å². The second kappa shape index (κ2) is 6.99. The van der Waals surface area contributed by atoms with E-state index in [-0.39, 0.29) is 6.04 Å². The van der Waals surface area contributed by atoms with Gasteiger partial charge in [0.05, 0.1) is 11.0 Å². The summed E-state index contributed by atoms with van der Waals surface area (Å²) in [5, 5.41) is 22.4. The van der Waals surface area contributed by atoms with E-state index in [1.165, 1.54) is 12.1 Å². The van der Waals surface area contributed by atoms with E-state index in [0.29, 0.717) is 5.69 Å². The molecule has 1 aliphatic heterocycles. The Morgan fingerprint density at radius 3 is 2.88 bits per heavy atom. The van der Waals surface area contributed by atoms with Gasteiger partial charge in [0.2, 0.25) is 5.75 Å². The standard InChI is InChI=1S/C15H17F2N5O3/c1-9(14-20-19-13-4-2-3-7-21(13)14)18-10-5-6-11(22(23)24)12(8-10)25-15(16)17/h5-6,8-9,15,18H,2-4,7H2,1H3. The fraction of sp³-hybridized carbons (Fsp3) is 0.467. The number of benzene rings is 1. The first kappa shape index (κ1) is 17.1. The van der Waals surface area contributed by atoms with Crippen LogP contribution >= 0.6 is 0 Å². The molecule has 0 bridgehead atoms. The predicted molar refractivity (Wildman–Crippen MR) is 84.7 cm³/mol. The lowest BCUT2D eigenvalue weighted by Gasteiger charge is -2.19. The van der Waals surface area contributed by atoms with Gasteiger partial charge in [-0.1, -0.05) is 0 Å². The van der Waals surface area contributed by atoms with Crippen LogP contribution in [0, 0.1) is 10.1 Å². The summed E-state index contributed by atoms with van der Waals surface area (Å²) < 4.78 is 31.3. The summed E-state index contributed by atoms with van der Waals surface area (Å²) in [6.07, 6.45) is 3.01. The van der Waals surface area contributed by atoms with Crippen LogP contribution in [0.4, 0.5) is 20.2 Å². The van der Waals surface area contributed by atoms with Crippen LogP contribution in [0.1, 0.15) is 37.5 Å². The third-order valence-corrected chi connectivity index (χ3v) is 4.03. The number of alkyl halides is 2. The number of halogens is 2. The van der Waals surface area contributed by atoms with E-state index in [4.69, 9.17) is 0 Å². The second-order valence-corrected chi connectivity index (χ2v) is 5.77. The topological polar surface area (TPSA) is 95.1 Å². The van der Waals surface area contributed by atoms with Gasteiger partial charge in [-0.3, -0.25) is 10.1 Å². The van der Waals surface area contributed by atoms with Gasteiger partial charge in [-0.2, -0.15) is 8.78 Å². The molecule has 2 heterocycles. The summed E-state index contributed by atoms with van der Waals surface area (Å²) in [5.41, 5.74) is -0.0970. The molecule has 1 aromatic heterocycles. The van der Waals surface area contributed by atoms with Gasteiger partial charge in [0.15, 0.2) is 5.82 Å². The van der Waals surface area contributed by atoms with Crippen molar-refractivity contribution in [1.82, 2.24) is 14.8 Å². The molecule has 10 heteroatoms. The van der Waals surface area contributed by atoms with Crippen molar-refractivity contribution in [2.75, 3.05) is 5.32 Å². The Hall–Kier alpha value is -2.78. The van der Waals surface area contributed by atoms with Crippen molar-refractivity contribution >= 4 is 11.4 Å². The van der Waals surface area contributed by atoms with E-state index in [9.17, 15) is 18.9 Å². The van der Waals surface area contributed by atoms with Gasteiger partial charge in [0.25, 0.3) is 0 Å². The first-order chi connectivity index (χ1) is 12.0. The van der Waals surface area contributed by atoms with E-state index in [0.717, 1.165) is 43.5 Å². The van der Waals surface area contributed by atoms with Gasteiger partial charge in [-0.25, -0.2) is 0 Å². The highest BCUT2D eigenvalue weighted by Gasteiger charge is 2.22. The summed E-state index contributed by atoms with van der Waals surface area (Å²) in [7, 11) is 0. The van der Waals surface area contributed by atoms with Crippen LogP contribution in [-0.2, 0) is 13.0 Å².